The molecule has 1 amide bonds. The van der Waals surface area contributed by atoms with Crippen LogP contribution in [0, 0.1) is 13.8 Å². The van der Waals surface area contributed by atoms with Crippen LogP contribution in [0.25, 0.3) is 0 Å². The molecule has 21 heavy (non-hydrogen) atoms. The molecule has 2 atom stereocenters. The fourth-order valence-corrected chi connectivity index (χ4v) is 4.19. The molecule has 1 aliphatic carbocycles. The van der Waals surface area contributed by atoms with Crippen LogP contribution < -0.4 is 5.32 Å². The van der Waals surface area contributed by atoms with Crippen LogP contribution in [0.5, 0.6) is 0 Å². The lowest BCUT2D eigenvalue weighted by atomic mass is 9.92. The van der Waals surface area contributed by atoms with Gasteiger partial charge in [0.1, 0.15) is 0 Å². The molecule has 0 saturated heterocycles. The van der Waals surface area contributed by atoms with Gasteiger partial charge in [-0.05, 0) is 49.4 Å². The fraction of sp³-hybridized carbons (Fsp3) is 0.389. The van der Waals surface area contributed by atoms with Crippen LogP contribution in [0.2, 0.25) is 0 Å². The van der Waals surface area contributed by atoms with E-state index in [0.29, 0.717) is 5.92 Å². The maximum absolute atomic E-state index is 12.5. The van der Waals surface area contributed by atoms with Gasteiger partial charge in [-0.1, -0.05) is 25.1 Å². The van der Waals surface area contributed by atoms with Crippen molar-refractivity contribution < 1.29 is 4.79 Å². The first-order valence-electron chi connectivity index (χ1n) is 7.68. The van der Waals surface area contributed by atoms with Crippen molar-refractivity contribution >= 4 is 11.6 Å². The summed E-state index contributed by atoms with van der Waals surface area (Å²) < 4.78 is 0. The highest BCUT2D eigenvalue weighted by Gasteiger charge is 2.65. The Labute approximate surface area is 124 Å². The highest BCUT2D eigenvalue weighted by Crippen LogP contribution is 2.65. The zero-order valence-electron chi connectivity index (χ0n) is 12.7. The Bertz CT molecular complexity index is 759. The smallest absolute Gasteiger partial charge is 0.235 e. The highest BCUT2D eigenvalue weighted by atomic mass is 16.2. The summed E-state index contributed by atoms with van der Waals surface area (Å²) in [6, 6.07) is 8.11. The van der Waals surface area contributed by atoms with Crippen molar-refractivity contribution in [1.29, 1.82) is 0 Å². The molecule has 2 aromatic rings. The average molecular weight is 280 g/mol. The van der Waals surface area contributed by atoms with E-state index in [1.807, 2.05) is 18.2 Å². The van der Waals surface area contributed by atoms with Crippen LogP contribution in [0.15, 0.2) is 24.3 Å². The second-order valence-corrected chi connectivity index (χ2v) is 6.35. The van der Waals surface area contributed by atoms with Crippen molar-refractivity contribution in [2.75, 3.05) is 5.32 Å². The summed E-state index contributed by atoms with van der Waals surface area (Å²) >= 11 is 0. The third-order valence-electron chi connectivity index (χ3n) is 5.36. The lowest BCUT2D eigenvalue weighted by molar-refractivity contribution is -0.118. The Morgan fingerprint density at radius 2 is 2.05 bits per heavy atom. The van der Waals surface area contributed by atoms with Crippen molar-refractivity contribution in [3.05, 3.63) is 52.3 Å². The number of rotatable bonds is 2. The van der Waals surface area contributed by atoms with E-state index in [2.05, 4.69) is 37.1 Å². The monoisotopic (exact) mass is 280 g/mol. The van der Waals surface area contributed by atoms with Gasteiger partial charge in [0.15, 0.2) is 0 Å². The van der Waals surface area contributed by atoms with E-state index < -0.39 is 0 Å². The van der Waals surface area contributed by atoms with Gasteiger partial charge in [0, 0.05) is 23.0 Å². The number of carbonyl (C=O) groups excluding carboxylic acids is 1. The third-order valence-corrected chi connectivity index (χ3v) is 5.36. The van der Waals surface area contributed by atoms with Crippen LogP contribution >= 0.6 is 0 Å². The molecule has 1 saturated carbocycles. The minimum absolute atomic E-state index is 0.165. The summed E-state index contributed by atoms with van der Waals surface area (Å²) in [7, 11) is 0. The normalized spacial score (nSPS) is 26.0. The molecule has 1 aromatic carbocycles. The van der Waals surface area contributed by atoms with Gasteiger partial charge >= 0.3 is 0 Å². The summed E-state index contributed by atoms with van der Waals surface area (Å²) in [6.07, 6.45) is 1.95. The third kappa shape index (κ3) is 1.46. The maximum atomic E-state index is 12.5. The molecule has 108 valence electrons. The molecule has 1 aromatic heterocycles. The van der Waals surface area contributed by atoms with E-state index in [4.69, 9.17) is 0 Å². The SMILES string of the molecule is CCc1c(C)[nH]c(C2CC23C(=O)Nc2ccccc23)c1C. The average Bonchev–Trinajstić information content (AvgIpc) is 3.06. The Balaban J connectivity index is 1.80. The maximum Gasteiger partial charge on any atom is 0.235 e. The number of aromatic amines is 1. The predicted octanol–water partition coefficient (Wildman–Crippen LogP) is 3.57. The number of carbonyl (C=O) groups is 1. The van der Waals surface area contributed by atoms with Crippen LogP contribution in [0.1, 0.15) is 47.3 Å². The first-order valence-corrected chi connectivity index (χ1v) is 7.68. The number of hydrogen-bond donors (Lipinski definition) is 2. The van der Waals surface area contributed by atoms with Crippen molar-refractivity contribution in [2.45, 2.75) is 44.9 Å². The lowest BCUT2D eigenvalue weighted by Crippen LogP contribution is -2.21. The Morgan fingerprint density at radius 3 is 2.76 bits per heavy atom. The van der Waals surface area contributed by atoms with E-state index >= 15 is 0 Å². The van der Waals surface area contributed by atoms with Crippen LogP contribution in [-0.2, 0) is 16.6 Å². The van der Waals surface area contributed by atoms with Crippen molar-refractivity contribution in [1.82, 2.24) is 4.98 Å². The molecular formula is C18H20N2O. The van der Waals surface area contributed by atoms with E-state index in [9.17, 15) is 4.79 Å². The van der Waals surface area contributed by atoms with Gasteiger partial charge in [0.05, 0.1) is 5.41 Å². The predicted molar refractivity (Wildman–Crippen MR) is 83.8 cm³/mol. The number of aryl methyl sites for hydroxylation is 1. The Morgan fingerprint density at radius 1 is 1.29 bits per heavy atom. The van der Waals surface area contributed by atoms with Gasteiger partial charge in [-0.2, -0.15) is 0 Å². The quantitative estimate of drug-likeness (QED) is 0.868. The van der Waals surface area contributed by atoms with E-state index in [0.717, 1.165) is 18.5 Å². The zero-order chi connectivity index (χ0) is 14.8. The van der Waals surface area contributed by atoms with E-state index in [1.54, 1.807) is 0 Å². The van der Waals surface area contributed by atoms with Gasteiger partial charge < -0.3 is 10.3 Å². The molecule has 4 rings (SSSR count). The molecule has 0 bridgehead atoms. The number of benzene rings is 1. The summed E-state index contributed by atoms with van der Waals surface area (Å²) in [5, 5.41) is 3.05. The molecule has 3 heteroatoms. The zero-order valence-corrected chi connectivity index (χ0v) is 12.7. The van der Waals surface area contributed by atoms with Gasteiger partial charge in [0.2, 0.25) is 5.91 Å². The topological polar surface area (TPSA) is 44.9 Å². The number of H-pyrrole nitrogens is 1. The summed E-state index contributed by atoms with van der Waals surface area (Å²) in [4.78, 5) is 16.1. The van der Waals surface area contributed by atoms with Crippen LogP contribution in [0.4, 0.5) is 5.69 Å². The van der Waals surface area contributed by atoms with E-state index in [-0.39, 0.29) is 11.3 Å². The molecule has 1 spiro atoms. The lowest BCUT2D eigenvalue weighted by Gasteiger charge is -2.08. The molecule has 2 unspecified atom stereocenters. The second-order valence-electron chi connectivity index (χ2n) is 6.35. The van der Waals surface area contributed by atoms with Crippen molar-refractivity contribution in [3.8, 4) is 0 Å². The van der Waals surface area contributed by atoms with Gasteiger partial charge in [-0.25, -0.2) is 0 Å². The van der Waals surface area contributed by atoms with Crippen molar-refractivity contribution in [2.24, 2.45) is 0 Å². The Kier molecular flexibility index (Phi) is 2.42. The van der Waals surface area contributed by atoms with Crippen molar-refractivity contribution in [3.63, 3.8) is 0 Å². The minimum atomic E-state index is -0.330. The number of para-hydroxylation sites is 1. The number of nitrogens with one attached hydrogen (secondary N) is 2. The van der Waals surface area contributed by atoms with Gasteiger partial charge in [-0.15, -0.1) is 0 Å². The largest absolute Gasteiger partial charge is 0.362 e. The molecule has 2 heterocycles. The molecule has 3 nitrogen and oxygen atoms in total. The number of amides is 1. The Hall–Kier alpha value is -2.03. The molecule has 0 radical (unpaired) electrons. The van der Waals surface area contributed by atoms with Crippen LogP contribution in [-0.4, -0.2) is 10.9 Å². The number of anilines is 1. The molecule has 2 N–H and O–H groups in total. The fourth-order valence-electron chi connectivity index (χ4n) is 4.19. The van der Waals surface area contributed by atoms with E-state index in [1.165, 1.54) is 28.1 Å². The number of fused-ring (bicyclic) bond motifs is 2. The molecule has 2 aliphatic rings. The van der Waals surface area contributed by atoms with Gasteiger partial charge in [-0.3, -0.25) is 4.79 Å². The highest BCUT2D eigenvalue weighted by molar-refractivity contribution is 6.09. The molecule has 1 aliphatic heterocycles. The second kappa shape index (κ2) is 4.00. The summed E-state index contributed by atoms with van der Waals surface area (Å²) in [6.45, 7) is 6.50. The molecular weight excluding hydrogens is 260 g/mol. The number of hydrogen-bond acceptors (Lipinski definition) is 1. The summed E-state index contributed by atoms with van der Waals surface area (Å²) in [5.74, 6) is 0.457. The minimum Gasteiger partial charge on any atom is -0.362 e. The van der Waals surface area contributed by atoms with Crippen LogP contribution in [0.3, 0.4) is 0 Å². The first-order chi connectivity index (χ1) is 10.1. The summed E-state index contributed by atoms with van der Waals surface area (Å²) in [5.41, 5.74) is 7.08. The first kappa shape index (κ1) is 12.7. The standard InChI is InChI=1S/C18H20N2O/c1-4-12-10(2)16(19-11(12)3)14-9-18(14)13-7-5-6-8-15(13)20-17(18)21/h5-8,14,19H,4,9H2,1-3H3,(H,20,21). The molecule has 1 fully saturated rings. The number of aromatic nitrogens is 1. The van der Waals surface area contributed by atoms with Gasteiger partial charge in [0.25, 0.3) is 0 Å².